The number of tetrazole rings is 1. The standard InChI is InChI=1S/C25H18ClN5O2S2/c26-17-12-14-19(15-13-17)35(32,33)28-23-20-10-4-6-16-7-5-11-21(22(16)20)24(23)34-25-27-29-30-31(25)18-8-2-1-3-9-18/h1-15,23-24,28H/t23-,24-/m1/s1. The molecule has 0 saturated carbocycles. The Labute approximate surface area is 211 Å². The Bertz CT molecular complexity index is 1630. The summed E-state index contributed by atoms with van der Waals surface area (Å²) in [5.41, 5.74) is 2.79. The Balaban J connectivity index is 1.43. The van der Waals surface area contributed by atoms with Gasteiger partial charge in [-0.1, -0.05) is 78.0 Å². The minimum Gasteiger partial charge on any atom is -0.207 e. The lowest BCUT2D eigenvalue weighted by atomic mass is 10.1. The molecular weight excluding hydrogens is 502 g/mol. The number of rotatable bonds is 6. The molecule has 35 heavy (non-hydrogen) atoms. The van der Waals surface area contributed by atoms with E-state index in [1.54, 1.807) is 16.8 Å². The normalized spacial score (nSPS) is 17.2. The molecule has 6 rings (SSSR count). The molecule has 0 bridgehead atoms. The van der Waals surface area contributed by atoms with Crippen LogP contribution in [0.4, 0.5) is 0 Å². The van der Waals surface area contributed by atoms with Crippen molar-refractivity contribution in [3.05, 3.63) is 107 Å². The summed E-state index contributed by atoms with van der Waals surface area (Å²) in [7, 11) is -3.83. The van der Waals surface area contributed by atoms with Crippen LogP contribution in [0.5, 0.6) is 0 Å². The lowest BCUT2D eigenvalue weighted by Gasteiger charge is -2.22. The van der Waals surface area contributed by atoms with E-state index < -0.39 is 16.1 Å². The summed E-state index contributed by atoms with van der Waals surface area (Å²) < 4.78 is 31.4. The van der Waals surface area contributed by atoms with Crippen molar-refractivity contribution in [1.82, 2.24) is 24.9 Å². The van der Waals surface area contributed by atoms with Crippen molar-refractivity contribution >= 4 is 44.2 Å². The van der Waals surface area contributed by atoms with Crippen LogP contribution in [0.1, 0.15) is 22.4 Å². The fraction of sp³-hybridized carbons (Fsp3) is 0.0800. The molecule has 174 valence electrons. The third-order valence-electron chi connectivity index (χ3n) is 5.99. The molecule has 1 aliphatic rings. The number of nitrogens with zero attached hydrogens (tertiary/aromatic N) is 4. The number of thioether (sulfide) groups is 1. The second kappa shape index (κ2) is 8.76. The third kappa shape index (κ3) is 4.00. The van der Waals surface area contributed by atoms with Crippen molar-refractivity contribution in [1.29, 1.82) is 0 Å². The number of halogens is 1. The number of sulfonamides is 1. The highest BCUT2D eigenvalue weighted by atomic mass is 35.5. The Morgan fingerprint density at radius 3 is 2.31 bits per heavy atom. The molecule has 2 atom stereocenters. The molecule has 0 radical (unpaired) electrons. The molecule has 0 unspecified atom stereocenters. The first kappa shape index (κ1) is 22.2. The molecule has 1 aromatic heterocycles. The smallest absolute Gasteiger partial charge is 0.207 e. The Morgan fingerprint density at radius 1 is 0.857 bits per heavy atom. The van der Waals surface area contributed by atoms with Crippen LogP contribution >= 0.6 is 23.4 Å². The molecule has 0 saturated heterocycles. The first-order valence-corrected chi connectivity index (χ1v) is 13.6. The summed E-state index contributed by atoms with van der Waals surface area (Å²) >= 11 is 7.41. The zero-order valence-corrected chi connectivity index (χ0v) is 20.5. The van der Waals surface area contributed by atoms with Crippen molar-refractivity contribution in [2.75, 3.05) is 0 Å². The van der Waals surface area contributed by atoms with Gasteiger partial charge in [0.2, 0.25) is 15.2 Å². The van der Waals surface area contributed by atoms with E-state index in [9.17, 15) is 8.42 Å². The largest absolute Gasteiger partial charge is 0.241 e. The quantitative estimate of drug-likeness (QED) is 0.326. The van der Waals surface area contributed by atoms with Gasteiger partial charge < -0.3 is 0 Å². The van der Waals surface area contributed by atoms with Gasteiger partial charge in [0.25, 0.3) is 0 Å². The van der Waals surface area contributed by atoms with E-state index in [0.29, 0.717) is 10.2 Å². The first-order valence-electron chi connectivity index (χ1n) is 10.8. The summed E-state index contributed by atoms with van der Waals surface area (Å²) in [6.07, 6.45) is 0. The topological polar surface area (TPSA) is 89.8 Å². The Kier molecular flexibility index (Phi) is 5.57. The number of para-hydroxylation sites is 1. The fourth-order valence-electron chi connectivity index (χ4n) is 4.44. The van der Waals surface area contributed by atoms with Gasteiger partial charge in [0.05, 0.1) is 21.9 Å². The molecule has 0 fully saturated rings. The molecule has 1 aliphatic carbocycles. The van der Waals surface area contributed by atoms with Crippen molar-refractivity contribution < 1.29 is 8.42 Å². The highest BCUT2D eigenvalue weighted by molar-refractivity contribution is 7.99. The van der Waals surface area contributed by atoms with Crippen molar-refractivity contribution in [2.45, 2.75) is 21.3 Å². The van der Waals surface area contributed by atoms with Gasteiger partial charge in [-0.2, -0.15) is 4.68 Å². The van der Waals surface area contributed by atoms with Crippen molar-refractivity contribution in [2.24, 2.45) is 0 Å². The zero-order valence-electron chi connectivity index (χ0n) is 18.1. The molecule has 4 aromatic carbocycles. The lowest BCUT2D eigenvalue weighted by Crippen LogP contribution is -2.30. The number of aromatic nitrogens is 4. The summed E-state index contributed by atoms with van der Waals surface area (Å²) in [5, 5.41) is 15.2. The highest BCUT2D eigenvalue weighted by Gasteiger charge is 2.39. The van der Waals surface area contributed by atoms with Gasteiger partial charge in [-0.3, -0.25) is 0 Å². The van der Waals surface area contributed by atoms with Crippen LogP contribution in [0.25, 0.3) is 16.5 Å². The second-order valence-corrected chi connectivity index (χ2v) is 11.4. The summed E-state index contributed by atoms with van der Waals surface area (Å²) in [6.45, 7) is 0. The maximum atomic E-state index is 13.4. The van der Waals surface area contributed by atoms with E-state index in [2.05, 4.69) is 20.2 Å². The molecule has 0 aliphatic heterocycles. The summed E-state index contributed by atoms with van der Waals surface area (Å²) in [4.78, 5) is 0.155. The van der Waals surface area contributed by atoms with E-state index in [0.717, 1.165) is 27.6 Å². The predicted octanol–water partition coefficient (Wildman–Crippen LogP) is 5.34. The Hall–Kier alpha value is -3.24. The molecule has 10 heteroatoms. The van der Waals surface area contributed by atoms with Crippen molar-refractivity contribution in [3.63, 3.8) is 0 Å². The SMILES string of the molecule is O=S(=O)(N[C@@H]1c2cccc3cccc(c23)[C@H]1Sc1nnnn1-c1ccccc1)c1ccc(Cl)cc1. The van der Waals surface area contributed by atoms with Gasteiger partial charge in [-0.05, 0) is 68.7 Å². The van der Waals surface area contributed by atoms with Crippen LogP contribution in [0.15, 0.2) is 101 Å². The van der Waals surface area contributed by atoms with Crippen LogP contribution in [0, 0.1) is 0 Å². The average molecular weight is 520 g/mol. The van der Waals surface area contributed by atoms with E-state index in [4.69, 9.17) is 11.6 Å². The molecule has 1 N–H and O–H groups in total. The van der Waals surface area contributed by atoms with Gasteiger partial charge in [0.15, 0.2) is 0 Å². The summed E-state index contributed by atoms with van der Waals surface area (Å²) in [5.74, 6) is 0. The maximum absolute atomic E-state index is 13.4. The van der Waals surface area contributed by atoms with Gasteiger partial charge in [-0.25, -0.2) is 13.1 Å². The van der Waals surface area contributed by atoms with E-state index in [1.807, 2.05) is 66.7 Å². The van der Waals surface area contributed by atoms with Crippen LogP contribution < -0.4 is 4.72 Å². The van der Waals surface area contributed by atoms with Gasteiger partial charge in [-0.15, -0.1) is 5.10 Å². The number of benzene rings is 4. The minimum atomic E-state index is -3.83. The van der Waals surface area contributed by atoms with Crippen LogP contribution in [-0.4, -0.2) is 28.6 Å². The van der Waals surface area contributed by atoms with Gasteiger partial charge in [0.1, 0.15) is 0 Å². The first-order chi connectivity index (χ1) is 17.0. The Morgan fingerprint density at radius 2 is 1.57 bits per heavy atom. The van der Waals surface area contributed by atoms with E-state index in [-0.39, 0.29) is 10.1 Å². The average Bonchev–Trinajstić information content (AvgIpc) is 3.45. The number of hydrogen-bond donors (Lipinski definition) is 1. The molecule has 0 spiro atoms. The number of nitrogens with one attached hydrogen (secondary N) is 1. The van der Waals surface area contributed by atoms with Crippen LogP contribution in [0.2, 0.25) is 5.02 Å². The third-order valence-corrected chi connectivity index (χ3v) is 8.95. The molecule has 7 nitrogen and oxygen atoms in total. The van der Waals surface area contributed by atoms with E-state index in [1.165, 1.54) is 23.9 Å². The zero-order chi connectivity index (χ0) is 24.0. The van der Waals surface area contributed by atoms with Crippen LogP contribution in [-0.2, 0) is 10.0 Å². The lowest BCUT2D eigenvalue weighted by molar-refractivity contribution is 0.557. The molecular formula is C25H18ClN5O2S2. The number of hydrogen-bond acceptors (Lipinski definition) is 6. The predicted molar refractivity (Wildman–Crippen MR) is 136 cm³/mol. The monoisotopic (exact) mass is 519 g/mol. The second-order valence-electron chi connectivity index (χ2n) is 8.09. The minimum absolute atomic E-state index is 0.155. The van der Waals surface area contributed by atoms with Crippen LogP contribution in [0.3, 0.4) is 0 Å². The van der Waals surface area contributed by atoms with Crippen molar-refractivity contribution in [3.8, 4) is 5.69 Å². The fourth-order valence-corrected chi connectivity index (χ4v) is 7.11. The summed E-state index contributed by atoms with van der Waals surface area (Å²) in [6, 6.07) is 27.3. The maximum Gasteiger partial charge on any atom is 0.241 e. The molecule has 0 amide bonds. The molecule has 1 heterocycles. The van der Waals surface area contributed by atoms with E-state index >= 15 is 0 Å². The highest BCUT2D eigenvalue weighted by Crippen LogP contribution is 2.53. The van der Waals surface area contributed by atoms with Gasteiger partial charge in [0, 0.05) is 5.02 Å². The van der Waals surface area contributed by atoms with Gasteiger partial charge >= 0.3 is 0 Å². The molecule has 5 aromatic rings.